The molecule has 0 saturated heterocycles. The van der Waals surface area contributed by atoms with E-state index in [0.717, 1.165) is 42.9 Å². The van der Waals surface area contributed by atoms with Gasteiger partial charge in [-0.2, -0.15) is 0 Å². The molecule has 0 bridgehead atoms. The molecule has 0 amide bonds. The quantitative estimate of drug-likeness (QED) is 0.567. The summed E-state index contributed by atoms with van der Waals surface area (Å²) >= 11 is 0. The molecular formula is C19H37N3OS. The van der Waals surface area contributed by atoms with Gasteiger partial charge in [-0.3, -0.25) is 9.20 Å². The maximum absolute atomic E-state index is 12.1. The molecule has 2 N–H and O–H groups in total. The predicted molar refractivity (Wildman–Crippen MR) is 105 cm³/mol. The number of rotatable bonds is 6. The zero-order valence-electron chi connectivity index (χ0n) is 15.9. The third-order valence-electron chi connectivity index (χ3n) is 5.95. The molecular weight excluding hydrogens is 318 g/mol. The van der Waals surface area contributed by atoms with Gasteiger partial charge in [-0.05, 0) is 43.9 Å². The lowest BCUT2D eigenvalue weighted by atomic mass is 9.81. The molecule has 2 saturated carbocycles. The Morgan fingerprint density at radius 1 is 1.08 bits per heavy atom. The molecule has 24 heavy (non-hydrogen) atoms. The van der Waals surface area contributed by atoms with Crippen LogP contribution >= 0.6 is 0 Å². The molecule has 140 valence electrons. The van der Waals surface area contributed by atoms with Gasteiger partial charge in [0.05, 0.1) is 0 Å². The molecule has 0 spiro atoms. The topological polar surface area (TPSA) is 53.5 Å². The maximum atomic E-state index is 12.1. The number of aliphatic imine (C=N–C) groups is 1. The van der Waals surface area contributed by atoms with E-state index in [9.17, 15) is 4.21 Å². The van der Waals surface area contributed by atoms with Crippen LogP contribution in [0.5, 0.6) is 0 Å². The zero-order valence-corrected chi connectivity index (χ0v) is 16.7. The second-order valence-corrected chi connectivity index (χ2v) is 9.55. The minimum Gasteiger partial charge on any atom is -0.356 e. The van der Waals surface area contributed by atoms with Gasteiger partial charge in [0, 0.05) is 41.4 Å². The summed E-state index contributed by atoms with van der Waals surface area (Å²) in [5.74, 6) is 3.46. The van der Waals surface area contributed by atoms with Gasteiger partial charge in [0.25, 0.3) is 0 Å². The van der Waals surface area contributed by atoms with Crippen LogP contribution in [-0.4, -0.2) is 40.8 Å². The van der Waals surface area contributed by atoms with E-state index < -0.39 is 10.8 Å². The van der Waals surface area contributed by atoms with E-state index in [4.69, 9.17) is 0 Å². The number of hydrogen-bond donors (Lipinski definition) is 2. The molecule has 0 aromatic rings. The van der Waals surface area contributed by atoms with Gasteiger partial charge in [-0.25, -0.2) is 0 Å². The first-order chi connectivity index (χ1) is 11.7. The van der Waals surface area contributed by atoms with E-state index in [0.29, 0.717) is 11.3 Å². The fourth-order valence-corrected chi connectivity index (χ4v) is 5.57. The monoisotopic (exact) mass is 355 g/mol. The van der Waals surface area contributed by atoms with Crippen molar-refractivity contribution in [1.29, 1.82) is 0 Å². The Hall–Kier alpha value is -0.580. The van der Waals surface area contributed by atoms with E-state index >= 15 is 0 Å². The Morgan fingerprint density at radius 2 is 1.79 bits per heavy atom. The maximum Gasteiger partial charge on any atom is 0.191 e. The number of guanidine groups is 1. The fourth-order valence-electron chi connectivity index (χ4n) is 4.22. The van der Waals surface area contributed by atoms with Gasteiger partial charge in [0.1, 0.15) is 0 Å². The standard InChI is InChI=1S/C19H37N3OS/c1-4-15-9-11-16(12-10-15)14-21-19(20-3)22-17-7-6-8-18(13-17)24(23)5-2/h15-18H,4-14H2,1-3H3,(H2,20,21,22). The summed E-state index contributed by atoms with van der Waals surface area (Å²) in [7, 11) is 1.19. The minimum absolute atomic E-state index is 0.365. The van der Waals surface area contributed by atoms with Crippen LogP contribution in [0, 0.1) is 11.8 Å². The van der Waals surface area contributed by atoms with Crippen LogP contribution in [0.3, 0.4) is 0 Å². The van der Waals surface area contributed by atoms with Crippen LogP contribution in [0.1, 0.15) is 71.6 Å². The first kappa shape index (κ1) is 19.7. The van der Waals surface area contributed by atoms with Crippen molar-refractivity contribution >= 4 is 16.8 Å². The summed E-state index contributed by atoms with van der Waals surface area (Å²) in [5, 5.41) is 7.48. The van der Waals surface area contributed by atoms with E-state index in [1.165, 1.54) is 44.9 Å². The summed E-state index contributed by atoms with van der Waals surface area (Å²) in [6.07, 6.45) is 11.3. The Bertz CT molecular complexity index is 419. The molecule has 4 nitrogen and oxygen atoms in total. The summed E-state index contributed by atoms with van der Waals surface area (Å²) in [6, 6.07) is 0.418. The van der Waals surface area contributed by atoms with Gasteiger partial charge in [-0.15, -0.1) is 0 Å². The summed E-state index contributed by atoms with van der Waals surface area (Å²) in [6.45, 7) is 5.38. The number of nitrogens with zero attached hydrogens (tertiary/aromatic N) is 1. The zero-order chi connectivity index (χ0) is 17.4. The van der Waals surface area contributed by atoms with Crippen molar-refractivity contribution in [1.82, 2.24) is 10.6 Å². The van der Waals surface area contributed by atoms with Crippen molar-refractivity contribution in [2.75, 3.05) is 19.3 Å². The van der Waals surface area contributed by atoms with E-state index in [2.05, 4.69) is 22.5 Å². The smallest absolute Gasteiger partial charge is 0.191 e. The molecule has 0 radical (unpaired) electrons. The highest BCUT2D eigenvalue weighted by Crippen LogP contribution is 2.30. The lowest BCUT2D eigenvalue weighted by Crippen LogP contribution is -2.47. The summed E-state index contributed by atoms with van der Waals surface area (Å²) in [4.78, 5) is 4.41. The molecule has 3 atom stereocenters. The number of hydrogen-bond acceptors (Lipinski definition) is 2. The van der Waals surface area contributed by atoms with Crippen LogP contribution in [0.4, 0.5) is 0 Å². The second-order valence-electron chi connectivity index (χ2n) is 7.55. The highest BCUT2D eigenvalue weighted by molar-refractivity contribution is 7.85. The number of nitrogens with one attached hydrogen (secondary N) is 2. The molecule has 2 fully saturated rings. The highest BCUT2D eigenvalue weighted by atomic mass is 32.2. The van der Waals surface area contributed by atoms with Crippen molar-refractivity contribution in [3.05, 3.63) is 0 Å². The summed E-state index contributed by atoms with van der Waals surface area (Å²) < 4.78 is 12.1. The lowest BCUT2D eigenvalue weighted by Gasteiger charge is -2.31. The average Bonchev–Trinajstić information content (AvgIpc) is 2.65. The van der Waals surface area contributed by atoms with Crippen LogP contribution in [0.15, 0.2) is 4.99 Å². The summed E-state index contributed by atoms with van der Waals surface area (Å²) in [5.41, 5.74) is 0. The molecule has 0 aromatic heterocycles. The third kappa shape index (κ3) is 6.05. The van der Waals surface area contributed by atoms with Crippen LogP contribution in [0.2, 0.25) is 0 Å². The van der Waals surface area contributed by atoms with Crippen molar-refractivity contribution in [3.8, 4) is 0 Å². The van der Waals surface area contributed by atoms with Crippen molar-refractivity contribution in [2.45, 2.75) is 82.9 Å². The molecule has 0 heterocycles. The van der Waals surface area contributed by atoms with Crippen LogP contribution in [0.25, 0.3) is 0 Å². The first-order valence-electron chi connectivity index (χ1n) is 10.0. The Kier molecular flexibility index (Phi) is 8.57. The van der Waals surface area contributed by atoms with Gasteiger partial charge in [0.2, 0.25) is 0 Å². The Morgan fingerprint density at radius 3 is 2.42 bits per heavy atom. The van der Waals surface area contributed by atoms with Crippen molar-refractivity contribution in [3.63, 3.8) is 0 Å². The van der Waals surface area contributed by atoms with Crippen molar-refractivity contribution < 1.29 is 4.21 Å². The first-order valence-corrected chi connectivity index (χ1v) is 11.4. The lowest BCUT2D eigenvalue weighted by molar-refractivity contribution is 0.268. The van der Waals surface area contributed by atoms with E-state index in [-0.39, 0.29) is 0 Å². The Balaban J connectivity index is 1.73. The largest absolute Gasteiger partial charge is 0.356 e. The Labute approximate surface area is 151 Å². The molecule has 2 aliphatic carbocycles. The molecule has 5 heteroatoms. The average molecular weight is 356 g/mol. The van der Waals surface area contributed by atoms with E-state index in [1.807, 2.05) is 14.0 Å². The van der Waals surface area contributed by atoms with E-state index in [1.54, 1.807) is 0 Å². The van der Waals surface area contributed by atoms with Crippen molar-refractivity contribution in [2.24, 2.45) is 16.8 Å². The predicted octanol–water partition coefficient (Wildman–Crippen LogP) is 3.45. The normalized spacial score (nSPS) is 33.0. The highest BCUT2D eigenvalue weighted by Gasteiger charge is 2.26. The van der Waals surface area contributed by atoms with Gasteiger partial charge < -0.3 is 10.6 Å². The van der Waals surface area contributed by atoms with Gasteiger partial charge >= 0.3 is 0 Å². The van der Waals surface area contributed by atoms with Gasteiger partial charge in [0.15, 0.2) is 5.96 Å². The molecule has 2 rings (SSSR count). The minimum atomic E-state index is -0.663. The van der Waals surface area contributed by atoms with Gasteiger partial charge in [-0.1, -0.05) is 39.5 Å². The molecule has 0 aliphatic heterocycles. The van der Waals surface area contributed by atoms with Crippen LogP contribution < -0.4 is 10.6 Å². The second kappa shape index (κ2) is 10.4. The molecule has 2 aliphatic rings. The third-order valence-corrected chi connectivity index (χ3v) is 7.69. The van der Waals surface area contributed by atoms with Crippen LogP contribution in [-0.2, 0) is 10.8 Å². The molecule has 3 unspecified atom stereocenters. The SMILES string of the molecule is CCC1CCC(CNC(=NC)NC2CCCC(S(=O)CC)C2)CC1. The fraction of sp³-hybridized carbons (Fsp3) is 0.947. The molecule has 0 aromatic carbocycles.